The summed E-state index contributed by atoms with van der Waals surface area (Å²) in [5.74, 6) is 1.31. The van der Waals surface area contributed by atoms with E-state index in [1.807, 2.05) is 36.5 Å². The number of nitrogens with zero attached hydrogens (tertiary/aromatic N) is 4. The lowest BCUT2D eigenvalue weighted by atomic mass is 9.97. The van der Waals surface area contributed by atoms with Gasteiger partial charge >= 0.3 is 6.18 Å². The van der Waals surface area contributed by atoms with Gasteiger partial charge in [-0.2, -0.15) is 13.2 Å². The molecule has 5 aromatic rings. The molecule has 0 unspecified atom stereocenters. The highest BCUT2D eigenvalue weighted by molar-refractivity contribution is 5.81. The smallest absolute Gasteiger partial charge is 0.358 e. The molecule has 5 rings (SSSR count). The minimum Gasteiger partial charge on any atom is -0.358 e. The van der Waals surface area contributed by atoms with Gasteiger partial charge in [-0.05, 0) is 17.0 Å². The predicted octanol–water partition coefficient (Wildman–Crippen LogP) is 6.76. The highest BCUT2D eigenvalue weighted by atomic mass is 19.4. The molecule has 0 spiro atoms. The molecule has 5 nitrogen and oxygen atoms in total. The molecule has 0 fully saturated rings. The zero-order chi connectivity index (χ0) is 24.7. The molecule has 0 aliphatic rings. The van der Waals surface area contributed by atoms with Crippen LogP contribution < -0.4 is 0 Å². The van der Waals surface area contributed by atoms with Crippen molar-refractivity contribution < 1.29 is 13.2 Å². The number of hydrogen-bond donors (Lipinski definition) is 1. The van der Waals surface area contributed by atoms with Crippen molar-refractivity contribution in [2.24, 2.45) is 7.05 Å². The van der Waals surface area contributed by atoms with Crippen LogP contribution in [0.1, 0.15) is 42.1 Å². The summed E-state index contributed by atoms with van der Waals surface area (Å²) < 4.78 is 40.4. The molecule has 1 N–H and O–H groups in total. The van der Waals surface area contributed by atoms with E-state index < -0.39 is 11.9 Å². The lowest BCUT2D eigenvalue weighted by Crippen LogP contribution is -2.04. The second-order valence-electron chi connectivity index (χ2n) is 8.94. The fraction of sp³-hybridized carbons (Fsp3) is 0.222. The summed E-state index contributed by atoms with van der Waals surface area (Å²) in [5.41, 5.74) is 5.70. The van der Waals surface area contributed by atoms with E-state index >= 15 is 0 Å². The van der Waals surface area contributed by atoms with Gasteiger partial charge in [-0.3, -0.25) is 0 Å². The second kappa shape index (κ2) is 8.69. The summed E-state index contributed by atoms with van der Waals surface area (Å²) in [5, 5.41) is 0. The van der Waals surface area contributed by atoms with E-state index in [1.165, 1.54) is 10.1 Å². The van der Waals surface area contributed by atoms with Crippen LogP contribution in [0.3, 0.4) is 0 Å². The second-order valence-corrected chi connectivity index (χ2v) is 8.94. The van der Waals surface area contributed by atoms with Gasteiger partial charge in [-0.15, -0.1) is 0 Å². The van der Waals surface area contributed by atoms with Crippen molar-refractivity contribution >= 4 is 11.0 Å². The predicted molar refractivity (Wildman–Crippen MR) is 130 cm³/mol. The van der Waals surface area contributed by atoms with Gasteiger partial charge in [0.25, 0.3) is 0 Å². The molecule has 2 aromatic carbocycles. The molecular formula is C27H24F3N5. The molecule has 35 heavy (non-hydrogen) atoms. The van der Waals surface area contributed by atoms with E-state index in [0.717, 1.165) is 33.9 Å². The van der Waals surface area contributed by atoms with Crippen molar-refractivity contribution in [2.45, 2.75) is 32.4 Å². The number of benzene rings is 2. The van der Waals surface area contributed by atoms with Crippen molar-refractivity contribution in [1.29, 1.82) is 0 Å². The van der Waals surface area contributed by atoms with E-state index in [1.54, 1.807) is 25.4 Å². The van der Waals surface area contributed by atoms with Gasteiger partial charge in [0.2, 0.25) is 0 Å². The molecule has 0 atom stereocenters. The summed E-state index contributed by atoms with van der Waals surface area (Å²) in [6.07, 6.45) is 0.892. The minimum atomic E-state index is -4.47. The zero-order valence-electron chi connectivity index (χ0n) is 19.6. The summed E-state index contributed by atoms with van der Waals surface area (Å²) in [7, 11) is 1.56. The summed E-state index contributed by atoms with van der Waals surface area (Å²) >= 11 is 0. The topological polar surface area (TPSA) is 59.4 Å². The molecule has 0 aliphatic carbocycles. The fourth-order valence-corrected chi connectivity index (χ4v) is 4.30. The molecule has 3 heterocycles. The Morgan fingerprint density at radius 1 is 1.00 bits per heavy atom. The van der Waals surface area contributed by atoms with Crippen LogP contribution in [0.4, 0.5) is 13.2 Å². The number of aryl methyl sites for hydroxylation is 1. The molecule has 0 aliphatic heterocycles. The number of aromatic nitrogens is 5. The third kappa shape index (κ3) is 4.43. The molecule has 3 aromatic heterocycles. The van der Waals surface area contributed by atoms with Crippen LogP contribution in [0, 0.1) is 0 Å². The van der Waals surface area contributed by atoms with E-state index in [0.29, 0.717) is 23.7 Å². The van der Waals surface area contributed by atoms with E-state index in [4.69, 9.17) is 4.98 Å². The van der Waals surface area contributed by atoms with Crippen molar-refractivity contribution in [1.82, 2.24) is 24.5 Å². The first-order chi connectivity index (χ1) is 16.7. The number of imidazole rings is 1. The Morgan fingerprint density at radius 2 is 1.74 bits per heavy atom. The van der Waals surface area contributed by atoms with Crippen LogP contribution in [0.15, 0.2) is 67.1 Å². The molecule has 8 heteroatoms. The number of hydrogen-bond acceptors (Lipinski definition) is 3. The Morgan fingerprint density at radius 3 is 2.43 bits per heavy atom. The Hall–Kier alpha value is -3.94. The summed E-state index contributed by atoms with van der Waals surface area (Å²) in [6.45, 7) is 4.30. The maximum atomic E-state index is 13.0. The van der Waals surface area contributed by atoms with Crippen molar-refractivity contribution in [2.75, 3.05) is 0 Å². The van der Waals surface area contributed by atoms with Crippen molar-refractivity contribution in [3.05, 3.63) is 89.5 Å². The van der Waals surface area contributed by atoms with Crippen LogP contribution in [0.25, 0.3) is 33.8 Å². The molecule has 0 amide bonds. The van der Waals surface area contributed by atoms with Gasteiger partial charge in [0.1, 0.15) is 5.82 Å². The van der Waals surface area contributed by atoms with Crippen LogP contribution >= 0.6 is 0 Å². The van der Waals surface area contributed by atoms with Gasteiger partial charge < -0.3 is 9.55 Å². The van der Waals surface area contributed by atoms with Crippen molar-refractivity contribution in [3.63, 3.8) is 0 Å². The van der Waals surface area contributed by atoms with Gasteiger partial charge in [-0.25, -0.2) is 15.0 Å². The molecule has 0 bridgehead atoms. The first kappa shape index (κ1) is 22.8. The van der Waals surface area contributed by atoms with E-state index in [9.17, 15) is 13.2 Å². The Kier molecular flexibility index (Phi) is 5.67. The van der Waals surface area contributed by atoms with Crippen LogP contribution in [0.2, 0.25) is 0 Å². The van der Waals surface area contributed by atoms with Gasteiger partial charge in [0, 0.05) is 42.6 Å². The van der Waals surface area contributed by atoms with Gasteiger partial charge in [-0.1, -0.05) is 62.4 Å². The highest BCUT2D eigenvalue weighted by Crippen LogP contribution is 2.31. The van der Waals surface area contributed by atoms with Crippen LogP contribution in [0.5, 0.6) is 0 Å². The quantitative estimate of drug-likeness (QED) is 0.306. The highest BCUT2D eigenvalue weighted by Gasteiger charge is 2.34. The summed E-state index contributed by atoms with van der Waals surface area (Å²) in [4.78, 5) is 16.5. The number of nitrogens with one attached hydrogen (secondary N) is 1. The molecule has 0 saturated carbocycles. The molecular weight excluding hydrogens is 451 g/mol. The zero-order valence-corrected chi connectivity index (χ0v) is 19.6. The number of H-pyrrole nitrogens is 1. The maximum absolute atomic E-state index is 13.0. The average Bonchev–Trinajstić information content (AvgIpc) is 3.43. The van der Waals surface area contributed by atoms with Crippen LogP contribution in [-0.2, 0) is 19.6 Å². The van der Waals surface area contributed by atoms with E-state index in [2.05, 4.69) is 34.9 Å². The standard InChI is InChI=1S/C27H24F3N5/c1-16(2)20-6-4-5-7-21(20)25-32-14-22-24(34-25)19(13-31-22)12-17-8-10-18(11-9-17)26-33-23(15-35(26)3)27(28,29)30/h4-11,13-16,31H,12H2,1-3H3. The third-order valence-corrected chi connectivity index (χ3v) is 6.09. The van der Waals surface area contributed by atoms with E-state index in [-0.39, 0.29) is 5.82 Å². The normalized spacial score (nSPS) is 12.1. The first-order valence-electron chi connectivity index (χ1n) is 11.3. The van der Waals surface area contributed by atoms with Crippen molar-refractivity contribution in [3.8, 4) is 22.8 Å². The number of alkyl halides is 3. The lowest BCUT2D eigenvalue weighted by molar-refractivity contribution is -0.140. The maximum Gasteiger partial charge on any atom is 0.434 e. The molecule has 0 saturated heterocycles. The SMILES string of the molecule is CC(C)c1ccccc1-c1ncc2[nH]cc(Cc3ccc(-c4nc(C(F)(F)F)cn4C)cc3)c2n1. The number of rotatable bonds is 5. The largest absolute Gasteiger partial charge is 0.434 e. The molecule has 0 radical (unpaired) electrons. The Bertz CT molecular complexity index is 1490. The van der Waals surface area contributed by atoms with Gasteiger partial charge in [0.15, 0.2) is 11.5 Å². The van der Waals surface area contributed by atoms with Gasteiger partial charge in [0.05, 0.1) is 17.2 Å². The number of halogens is 3. The minimum absolute atomic E-state index is 0.275. The number of aromatic amines is 1. The average molecular weight is 476 g/mol. The van der Waals surface area contributed by atoms with Crippen LogP contribution in [-0.4, -0.2) is 24.5 Å². The monoisotopic (exact) mass is 475 g/mol. The first-order valence-corrected chi connectivity index (χ1v) is 11.3. The Balaban J connectivity index is 1.44. The fourth-order valence-electron chi connectivity index (χ4n) is 4.30. The molecule has 178 valence electrons. The Labute approximate surface area is 200 Å². The summed E-state index contributed by atoms with van der Waals surface area (Å²) in [6, 6.07) is 15.6. The third-order valence-electron chi connectivity index (χ3n) is 6.09. The number of fused-ring (bicyclic) bond motifs is 1. The lowest BCUT2D eigenvalue weighted by Gasteiger charge is -2.11.